The Kier molecular flexibility index (Phi) is 7.46. The summed E-state index contributed by atoms with van der Waals surface area (Å²) in [4.78, 5) is 25.1. The summed E-state index contributed by atoms with van der Waals surface area (Å²) in [6, 6.07) is 4.33. The van der Waals surface area contributed by atoms with E-state index < -0.39 is 28.7 Å². The van der Waals surface area contributed by atoms with Gasteiger partial charge < -0.3 is 19.4 Å². The van der Waals surface area contributed by atoms with Crippen molar-refractivity contribution in [3.05, 3.63) is 46.9 Å². The number of carbonyl (C=O) groups excluding carboxylic acids is 2. The summed E-state index contributed by atoms with van der Waals surface area (Å²) in [5, 5.41) is 19.9. The van der Waals surface area contributed by atoms with Crippen LogP contribution in [-0.4, -0.2) is 29.9 Å². The molecule has 0 bridgehead atoms. The summed E-state index contributed by atoms with van der Waals surface area (Å²) in [7, 11) is 1.47. The number of nitrogens with one attached hydrogen (secondary N) is 1. The second-order valence-electron chi connectivity index (χ2n) is 6.75. The van der Waals surface area contributed by atoms with E-state index in [-0.39, 0.29) is 23.6 Å². The Morgan fingerprint density at radius 2 is 1.92 bits per heavy atom. The van der Waals surface area contributed by atoms with E-state index in [4.69, 9.17) is 14.2 Å². The van der Waals surface area contributed by atoms with E-state index >= 15 is 0 Å². The lowest BCUT2D eigenvalue weighted by atomic mass is 9.95. The third-order valence-electron chi connectivity index (χ3n) is 3.12. The highest BCUT2D eigenvalue weighted by Crippen LogP contribution is 2.28. The SMILES string of the molecule is C=C(C)OC(=O)C(C(=O)OC(C)(C)C)c1ccc(COC)cc1[NH+]([O-])O. The van der Waals surface area contributed by atoms with Crippen molar-refractivity contribution in [1.82, 2.24) is 0 Å². The van der Waals surface area contributed by atoms with Crippen molar-refractivity contribution in [3.63, 3.8) is 0 Å². The largest absolute Gasteiger partial charge is 0.595 e. The molecule has 0 radical (unpaired) electrons. The molecule has 1 rings (SSSR count). The molecule has 0 aromatic heterocycles. The number of carbonyl (C=O) groups is 2. The van der Waals surface area contributed by atoms with Gasteiger partial charge in [-0.25, -0.2) is 5.21 Å². The number of ether oxygens (including phenoxy) is 3. The third-order valence-corrected chi connectivity index (χ3v) is 3.12. The third kappa shape index (κ3) is 6.23. The summed E-state index contributed by atoms with van der Waals surface area (Å²) in [5.41, 5.74) is -0.491. The zero-order valence-electron chi connectivity index (χ0n) is 15.6. The summed E-state index contributed by atoms with van der Waals surface area (Å²) < 4.78 is 15.2. The number of rotatable bonds is 7. The maximum absolute atomic E-state index is 12.6. The second kappa shape index (κ2) is 8.91. The minimum atomic E-state index is -1.55. The standard InChI is InChI=1S/C18H25NO7/c1-11(2)25-16(20)15(17(21)26-18(3,4)5)13-8-7-12(10-24-6)9-14(13)19(22)23/h7-9,15,19,22H,1,10H2,2-6H3. The predicted octanol–water partition coefficient (Wildman–Crippen LogP) is 1.74. The molecule has 2 N–H and O–H groups in total. The Morgan fingerprint density at radius 1 is 1.31 bits per heavy atom. The molecule has 0 aliphatic rings. The van der Waals surface area contributed by atoms with E-state index in [0.717, 1.165) is 0 Å². The van der Waals surface area contributed by atoms with Gasteiger partial charge in [0, 0.05) is 18.7 Å². The van der Waals surface area contributed by atoms with E-state index in [1.807, 2.05) is 0 Å². The molecule has 0 saturated heterocycles. The summed E-state index contributed by atoms with van der Waals surface area (Å²) in [6.45, 7) is 10.0. The monoisotopic (exact) mass is 367 g/mol. The first kappa shape index (κ1) is 21.8. The summed E-state index contributed by atoms with van der Waals surface area (Å²) in [6.07, 6.45) is 0. The van der Waals surface area contributed by atoms with Gasteiger partial charge in [-0.3, -0.25) is 9.59 Å². The van der Waals surface area contributed by atoms with Crippen molar-refractivity contribution in [1.29, 1.82) is 0 Å². The molecular formula is C18H25NO7. The van der Waals surface area contributed by atoms with Gasteiger partial charge in [-0.1, -0.05) is 18.7 Å². The number of hydrogen-bond donors (Lipinski definition) is 2. The fraction of sp³-hybridized carbons (Fsp3) is 0.444. The highest BCUT2D eigenvalue weighted by Gasteiger charge is 2.37. The number of quaternary nitrogens is 1. The minimum Gasteiger partial charge on any atom is -0.595 e. The van der Waals surface area contributed by atoms with E-state index in [0.29, 0.717) is 5.56 Å². The maximum atomic E-state index is 12.6. The molecule has 1 aromatic rings. The lowest BCUT2D eigenvalue weighted by Crippen LogP contribution is -2.99. The van der Waals surface area contributed by atoms with Crippen molar-refractivity contribution in [2.24, 2.45) is 0 Å². The molecule has 0 saturated carbocycles. The first-order chi connectivity index (χ1) is 12.0. The first-order valence-electron chi connectivity index (χ1n) is 7.91. The normalized spacial score (nSPS) is 13.7. The van der Waals surface area contributed by atoms with Crippen LogP contribution in [0.2, 0.25) is 0 Å². The number of esters is 2. The fourth-order valence-electron chi connectivity index (χ4n) is 2.24. The van der Waals surface area contributed by atoms with Crippen LogP contribution in [-0.2, 0) is 30.4 Å². The molecule has 0 fully saturated rings. The zero-order valence-corrected chi connectivity index (χ0v) is 15.6. The van der Waals surface area contributed by atoms with E-state index in [9.17, 15) is 20.0 Å². The molecule has 8 nitrogen and oxygen atoms in total. The molecule has 0 amide bonds. The van der Waals surface area contributed by atoms with Crippen LogP contribution in [0.25, 0.3) is 0 Å². The van der Waals surface area contributed by atoms with E-state index in [1.165, 1.54) is 26.2 Å². The van der Waals surface area contributed by atoms with Crippen LogP contribution < -0.4 is 5.23 Å². The highest BCUT2D eigenvalue weighted by molar-refractivity contribution is 6.02. The van der Waals surface area contributed by atoms with Gasteiger partial charge in [0.1, 0.15) is 5.60 Å². The average Bonchev–Trinajstić information content (AvgIpc) is 2.46. The predicted molar refractivity (Wildman–Crippen MR) is 92.4 cm³/mol. The smallest absolute Gasteiger partial charge is 0.330 e. The van der Waals surface area contributed by atoms with Gasteiger partial charge in [0.2, 0.25) is 0 Å². The van der Waals surface area contributed by atoms with Crippen molar-refractivity contribution in [3.8, 4) is 0 Å². The van der Waals surface area contributed by atoms with Gasteiger partial charge in [0.15, 0.2) is 11.6 Å². The van der Waals surface area contributed by atoms with Crippen LogP contribution >= 0.6 is 0 Å². The number of methoxy groups -OCH3 is 1. The molecule has 144 valence electrons. The van der Waals surface area contributed by atoms with Gasteiger partial charge in [-0.05, 0) is 33.3 Å². The van der Waals surface area contributed by atoms with Crippen LogP contribution in [0.4, 0.5) is 5.69 Å². The quantitative estimate of drug-likeness (QED) is 0.327. The molecule has 8 heteroatoms. The lowest BCUT2D eigenvalue weighted by Gasteiger charge is -2.25. The Morgan fingerprint density at radius 3 is 2.38 bits per heavy atom. The number of hydrogen-bond acceptors (Lipinski definition) is 7. The van der Waals surface area contributed by atoms with Crippen LogP contribution in [0.5, 0.6) is 0 Å². The topological polar surface area (TPSA) is 110 Å². The summed E-state index contributed by atoms with van der Waals surface area (Å²) >= 11 is 0. The van der Waals surface area contributed by atoms with Gasteiger partial charge in [0.25, 0.3) is 0 Å². The fourth-order valence-corrected chi connectivity index (χ4v) is 2.24. The lowest BCUT2D eigenvalue weighted by molar-refractivity contribution is -0.991. The van der Waals surface area contributed by atoms with Gasteiger partial charge in [-0.2, -0.15) is 5.23 Å². The van der Waals surface area contributed by atoms with Crippen molar-refractivity contribution >= 4 is 17.6 Å². The Bertz CT molecular complexity index is 677. The van der Waals surface area contributed by atoms with E-state index in [1.54, 1.807) is 26.8 Å². The summed E-state index contributed by atoms with van der Waals surface area (Å²) in [5.74, 6) is -3.32. The van der Waals surface area contributed by atoms with Crippen molar-refractivity contribution < 1.29 is 34.2 Å². The molecule has 1 aromatic carbocycles. The molecule has 26 heavy (non-hydrogen) atoms. The Balaban J connectivity index is 3.43. The van der Waals surface area contributed by atoms with Crippen molar-refractivity contribution in [2.75, 3.05) is 7.11 Å². The second-order valence-corrected chi connectivity index (χ2v) is 6.75. The molecule has 0 spiro atoms. The van der Waals surface area contributed by atoms with Crippen molar-refractivity contribution in [2.45, 2.75) is 45.8 Å². The molecule has 2 atom stereocenters. The maximum Gasteiger partial charge on any atom is 0.330 e. The molecule has 0 aliphatic carbocycles. The molecule has 0 heterocycles. The zero-order chi connectivity index (χ0) is 20.1. The van der Waals surface area contributed by atoms with Crippen LogP contribution in [0.1, 0.15) is 44.7 Å². The average molecular weight is 367 g/mol. The van der Waals surface area contributed by atoms with Gasteiger partial charge >= 0.3 is 11.9 Å². The number of allylic oxidation sites excluding steroid dienone is 1. The van der Waals surface area contributed by atoms with Crippen LogP contribution in [0, 0.1) is 5.21 Å². The Hall–Kier alpha value is -2.26. The number of benzene rings is 1. The van der Waals surface area contributed by atoms with E-state index in [2.05, 4.69) is 6.58 Å². The minimum absolute atomic E-state index is 0.0159. The molecule has 2 unspecified atom stereocenters. The van der Waals surface area contributed by atoms with Crippen LogP contribution in [0.3, 0.4) is 0 Å². The van der Waals surface area contributed by atoms with Gasteiger partial charge in [0.05, 0.1) is 12.4 Å². The molecular weight excluding hydrogens is 342 g/mol. The Labute approximate surface area is 152 Å². The van der Waals surface area contributed by atoms with Crippen LogP contribution in [0.15, 0.2) is 30.5 Å². The molecule has 0 aliphatic heterocycles. The first-order valence-corrected chi connectivity index (χ1v) is 7.91. The highest BCUT2D eigenvalue weighted by atomic mass is 16.8. The van der Waals surface area contributed by atoms with Gasteiger partial charge in [-0.15, -0.1) is 0 Å².